The van der Waals surface area contributed by atoms with Gasteiger partial charge < -0.3 is 11.5 Å². The van der Waals surface area contributed by atoms with Gasteiger partial charge in [0.15, 0.2) is 0 Å². The Bertz CT molecular complexity index is 528. The largest absolute Gasteiger partial charge is 0.351 e. The summed E-state index contributed by atoms with van der Waals surface area (Å²) in [6, 6.07) is 7.28. The number of fused-ring (bicyclic) bond motifs is 1. The summed E-state index contributed by atoms with van der Waals surface area (Å²) in [4.78, 5) is 11.3. The lowest BCUT2D eigenvalue weighted by Gasteiger charge is -2.02. The molecule has 0 unspecified atom stereocenters. The minimum Gasteiger partial charge on any atom is -0.351 e. The maximum absolute atomic E-state index is 11.3. The van der Waals surface area contributed by atoms with Crippen LogP contribution in [0.5, 0.6) is 0 Å². The van der Waals surface area contributed by atoms with Gasteiger partial charge in [0.1, 0.15) is 0 Å². The summed E-state index contributed by atoms with van der Waals surface area (Å²) in [5.41, 5.74) is 13.0. The number of primary amides is 1. The number of hydrogen-bond acceptors (Lipinski definition) is 2. The van der Waals surface area contributed by atoms with Crippen molar-refractivity contribution in [1.82, 2.24) is 4.57 Å². The first kappa shape index (κ1) is 10.7. The molecule has 4 nitrogen and oxygen atoms in total. The first-order chi connectivity index (χ1) is 7.59. The summed E-state index contributed by atoms with van der Waals surface area (Å²) >= 11 is 0. The molecular weight excluding hydrogens is 202 g/mol. The monoisotopic (exact) mass is 217 g/mol. The minimum absolute atomic E-state index is 0.0622. The number of aromatic nitrogens is 1. The predicted molar refractivity (Wildman–Crippen MR) is 64.3 cm³/mol. The molecule has 2 aromatic rings. The molecule has 0 aliphatic carbocycles. The molecular formula is C12H15N3O. The van der Waals surface area contributed by atoms with Gasteiger partial charge in [-0.25, -0.2) is 4.79 Å². The third-order valence-corrected chi connectivity index (χ3v) is 2.57. The highest BCUT2D eigenvalue weighted by atomic mass is 16.2. The molecule has 0 aliphatic heterocycles. The van der Waals surface area contributed by atoms with E-state index >= 15 is 0 Å². The van der Waals surface area contributed by atoms with E-state index < -0.39 is 6.03 Å². The van der Waals surface area contributed by atoms with Crippen molar-refractivity contribution in [3.05, 3.63) is 36.0 Å². The average Bonchev–Trinajstić information content (AvgIpc) is 2.57. The molecule has 4 N–H and O–H groups in total. The van der Waals surface area contributed by atoms with E-state index in [-0.39, 0.29) is 6.04 Å². The van der Waals surface area contributed by atoms with Crippen molar-refractivity contribution in [3.63, 3.8) is 0 Å². The van der Waals surface area contributed by atoms with Crippen molar-refractivity contribution < 1.29 is 4.79 Å². The van der Waals surface area contributed by atoms with Gasteiger partial charge in [-0.15, -0.1) is 0 Å². The Morgan fingerprint density at radius 1 is 1.44 bits per heavy atom. The fourth-order valence-electron chi connectivity index (χ4n) is 1.94. The smallest absolute Gasteiger partial charge is 0.323 e. The first-order valence-electron chi connectivity index (χ1n) is 5.24. The summed E-state index contributed by atoms with van der Waals surface area (Å²) < 4.78 is 1.47. The molecule has 1 amide bonds. The van der Waals surface area contributed by atoms with E-state index in [2.05, 4.69) is 0 Å². The lowest BCUT2D eigenvalue weighted by atomic mass is 10.1. The fourth-order valence-corrected chi connectivity index (χ4v) is 1.94. The van der Waals surface area contributed by atoms with E-state index in [1.807, 2.05) is 31.2 Å². The number of carbonyl (C=O) groups excluding carboxylic acids is 1. The molecule has 0 radical (unpaired) electrons. The van der Waals surface area contributed by atoms with Crippen molar-refractivity contribution in [1.29, 1.82) is 0 Å². The number of nitrogens with zero attached hydrogens (tertiary/aromatic N) is 1. The van der Waals surface area contributed by atoms with Crippen LogP contribution >= 0.6 is 0 Å². The summed E-state index contributed by atoms with van der Waals surface area (Å²) in [5, 5.41) is 1.04. The predicted octanol–water partition coefficient (Wildman–Crippen LogP) is 1.46. The standard InChI is InChI=1S/C12H15N3O/c1-8(13)6-9-7-15(12(14)16)11-5-3-2-4-10(9)11/h2-5,7-8H,6,13H2,1H3,(H2,14,16)/t8-/m1/s1. The normalized spacial score (nSPS) is 12.9. The quantitative estimate of drug-likeness (QED) is 0.799. The molecule has 1 atom stereocenters. The topological polar surface area (TPSA) is 74.0 Å². The van der Waals surface area contributed by atoms with E-state index in [1.165, 1.54) is 4.57 Å². The molecule has 16 heavy (non-hydrogen) atoms. The van der Waals surface area contributed by atoms with Crippen LogP contribution in [0.15, 0.2) is 30.5 Å². The number of rotatable bonds is 2. The number of amides is 1. The highest BCUT2D eigenvalue weighted by molar-refractivity contribution is 5.93. The van der Waals surface area contributed by atoms with Crippen molar-refractivity contribution in [2.24, 2.45) is 11.5 Å². The van der Waals surface area contributed by atoms with Gasteiger partial charge in [-0.1, -0.05) is 18.2 Å². The van der Waals surface area contributed by atoms with Crippen molar-refractivity contribution in [2.75, 3.05) is 0 Å². The Labute approximate surface area is 93.8 Å². The highest BCUT2D eigenvalue weighted by Crippen LogP contribution is 2.21. The zero-order chi connectivity index (χ0) is 11.7. The van der Waals surface area contributed by atoms with Crippen LogP contribution in [0.1, 0.15) is 12.5 Å². The molecule has 0 spiro atoms. The second-order valence-corrected chi connectivity index (χ2v) is 4.06. The summed E-state index contributed by atoms with van der Waals surface area (Å²) in [6.07, 6.45) is 2.51. The lowest BCUT2D eigenvalue weighted by molar-refractivity contribution is 0.251. The van der Waals surface area contributed by atoms with Crippen molar-refractivity contribution >= 4 is 16.9 Å². The summed E-state index contributed by atoms with van der Waals surface area (Å²) in [7, 11) is 0. The Hall–Kier alpha value is -1.81. The molecule has 0 fully saturated rings. The fraction of sp³-hybridized carbons (Fsp3) is 0.250. The Morgan fingerprint density at radius 3 is 2.75 bits per heavy atom. The molecule has 0 aliphatic rings. The SMILES string of the molecule is C[C@@H](N)Cc1cn(C(N)=O)c2ccccc12. The van der Waals surface area contributed by atoms with Gasteiger partial charge in [0.05, 0.1) is 5.52 Å². The maximum Gasteiger partial charge on any atom is 0.323 e. The molecule has 0 saturated heterocycles. The van der Waals surface area contributed by atoms with E-state index in [4.69, 9.17) is 11.5 Å². The summed E-state index contributed by atoms with van der Waals surface area (Å²) in [6.45, 7) is 1.94. The van der Waals surface area contributed by atoms with E-state index in [0.29, 0.717) is 0 Å². The molecule has 1 aromatic carbocycles. The van der Waals surface area contributed by atoms with Crippen LogP contribution in [0.4, 0.5) is 4.79 Å². The van der Waals surface area contributed by atoms with Gasteiger partial charge in [-0.2, -0.15) is 0 Å². The van der Waals surface area contributed by atoms with E-state index in [0.717, 1.165) is 22.9 Å². The van der Waals surface area contributed by atoms with Crippen LogP contribution in [-0.2, 0) is 6.42 Å². The van der Waals surface area contributed by atoms with Crippen LogP contribution < -0.4 is 11.5 Å². The first-order valence-corrected chi connectivity index (χ1v) is 5.24. The van der Waals surface area contributed by atoms with E-state index in [1.54, 1.807) is 6.20 Å². The zero-order valence-electron chi connectivity index (χ0n) is 9.18. The summed E-state index contributed by atoms with van der Waals surface area (Å²) in [5.74, 6) is 0. The molecule has 1 aromatic heterocycles. The molecule has 0 saturated carbocycles. The second kappa shape index (κ2) is 3.98. The minimum atomic E-state index is -0.466. The van der Waals surface area contributed by atoms with Crippen molar-refractivity contribution in [3.8, 4) is 0 Å². The Balaban J connectivity index is 2.62. The van der Waals surface area contributed by atoms with E-state index in [9.17, 15) is 4.79 Å². The van der Waals surface area contributed by atoms with Gasteiger partial charge in [0.2, 0.25) is 0 Å². The molecule has 84 valence electrons. The molecule has 1 heterocycles. The molecule has 0 bridgehead atoms. The van der Waals surface area contributed by atoms with Gasteiger partial charge in [0.25, 0.3) is 0 Å². The number of hydrogen-bond donors (Lipinski definition) is 2. The van der Waals surface area contributed by atoms with Gasteiger partial charge in [-0.3, -0.25) is 4.57 Å². The zero-order valence-corrected chi connectivity index (χ0v) is 9.18. The van der Waals surface area contributed by atoms with Crippen LogP contribution in [0.3, 0.4) is 0 Å². The number of benzene rings is 1. The third-order valence-electron chi connectivity index (χ3n) is 2.57. The Kier molecular flexibility index (Phi) is 2.66. The third kappa shape index (κ3) is 1.79. The maximum atomic E-state index is 11.3. The van der Waals surface area contributed by atoms with Crippen LogP contribution in [0.2, 0.25) is 0 Å². The van der Waals surface area contributed by atoms with Crippen molar-refractivity contribution in [2.45, 2.75) is 19.4 Å². The van der Waals surface area contributed by atoms with Gasteiger partial charge in [0, 0.05) is 17.6 Å². The van der Waals surface area contributed by atoms with Gasteiger partial charge >= 0.3 is 6.03 Å². The number of para-hydroxylation sites is 1. The molecule has 2 rings (SSSR count). The number of nitrogens with two attached hydrogens (primary N) is 2. The van der Waals surface area contributed by atoms with Crippen LogP contribution in [-0.4, -0.2) is 16.6 Å². The Morgan fingerprint density at radius 2 is 2.12 bits per heavy atom. The highest BCUT2D eigenvalue weighted by Gasteiger charge is 2.11. The van der Waals surface area contributed by atoms with Crippen LogP contribution in [0.25, 0.3) is 10.9 Å². The van der Waals surface area contributed by atoms with Crippen LogP contribution in [0, 0.1) is 0 Å². The van der Waals surface area contributed by atoms with Gasteiger partial charge in [-0.05, 0) is 25.0 Å². The average molecular weight is 217 g/mol. The number of carbonyl (C=O) groups is 1. The molecule has 4 heteroatoms. The lowest BCUT2D eigenvalue weighted by Crippen LogP contribution is -2.19. The second-order valence-electron chi connectivity index (χ2n) is 4.06.